The van der Waals surface area contributed by atoms with Gasteiger partial charge in [0.25, 0.3) is 0 Å². The second-order valence-corrected chi connectivity index (χ2v) is 2.35. The first-order chi connectivity index (χ1) is 5.79. The largest absolute Gasteiger partial charge is 0.508 e. The van der Waals surface area contributed by atoms with Crippen LogP contribution in [-0.4, -0.2) is 17.2 Å². The molecule has 1 rings (SSSR count). The molecule has 0 atom stereocenters. The van der Waals surface area contributed by atoms with E-state index in [2.05, 4.69) is 4.76 Å². The number of hydrogen-bond donors (Lipinski definition) is 3. The van der Waals surface area contributed by atoms with E-state index in [0.29, 0.717) is 11.0 Å². The molecule has 0 unspecified atom stereocenters. The van der Waals surface area contributed by atoms with Crippen LogP contribution in [0, 0.1) is 0 Å². The molecule has 0 aliphatic rings. The average molecular weight is 167 g/mol. The van der Waals surface area contributed by atoms with E-state index in [-0.39, 0.29) is 6.61 Å². The van der Waals surface area contributed by atoms with Crippen molar-refractivity contribution in [2.45, 2.75) is 6.61 Å². The number of rotatable bonds is 3. The molecule has 0 bridgehead atoms. The van der Waals surface area contributed by atoms with Crippen molar-refractivity contribution < 1.29 is 14.9 Å². The molecule has 4 N–H and O–H groups in total. The molecule has 0 heterocycles. The highest BCUT2D eigenvalue weighted by molar-refractivity contribution is 6.60. The third-order valence-electron chi connectivity index (χ3n) is 1.62. The van der Waals surface area contributed by atoms with Crippen molar-refractivity contribution in [1.82, 2.24) is 0 Å². The Morgan fingerprint density at radius 1 is 1.42 bits per heavy atom. The summed E-state index contributed by atoms with van der Waals surface area (Å²) in [6, 6.07) is 6.83. The first-order valence-electron chi connectivity index (χ1n) is 3.52. The Balaban J connectivity index is 2.96. The van der Waals surface area contributed by atoms with Gasteiger partial charge in [0.15, 0.2) is 0 Å². The van der Waals surface area contributed by atoms with E-state index < -0.39 is 7.12 Å². The molecule has 1 aromatic rings. The molecule has 5 heteroatoms. The van der Waals surface area contributed by atoms with Gasteiger partial charge >= 0.3 is 7.12 Å². The summed E-state index contributed by atoms with van der Waals surface area (Å²) < 4.78 is 4.22. The van der Waals surface area contributed by atoms with Crippen LogP contribution in [0.3, 0.4) is 0 Å². The Morgan fingerprint density at radius 2 is 2.08 bits per heavy atom. The third kappa shape index (κ3) is 1.83. The lowest BCUT2D eigenvalue weighted by atomic mass is 9.77. The molecule has 64 valence electrons. The van der Waals surface area contributed by atoms with Gasteiger partial charge in [-0.2, -0.15) is 0 Å². The van der Waals surface area contributed by atoms with E-state index in [4.69, 9.17) is 11.0 Å². The molecular weight excluding hydrogens is 157 g/mol. The third-order valence-corrected chi connectivity index (χ3v) is 1.62. The zero-order chi connectivity index (χ0) is 8.97. The second-order valence-electron chi connectivity index (χ2n) is 2.35. The highest BCUT2D eigenvalue weighted by Gasteiger charge is 2.17. The van der Waals surface area contributed by atoms with Crippen molar-refractivity contribution in [2.75, 3.05) is 0 Å². The lowest BCUT2D eigenvalue weighted by molar-refractivity contribution is 0.272. The lowest BCUT2D eigenvalue weighted by Gasteiger charge is -2.07. The molecule has 1 aromatic carbocycles. The highest BCUT2D eigenvalue weighted by atomic mass is 16.6. The van der Waals surface area contributed by atoms with Crippen LogP contribution >= 0.6 is 0 Å². The Morgan fingerprint density at radius 3 is 2.67 bits per heavy atom. The normalized spacial score (nSPS) is 9.92. The Hall–Kier alpha value is -0.875. The van der Waals surface area contributed by atoms with Crippen LogP contribution in [-0.2, 0) is 11.4 Å². The van der Waals surface area contributed by atoms with Gasteiger partial charge in [-0.25, -0.2) is 5.90 Å². The first-order valence-corrected chi connectivity index (χ1v) is 3.52. The van der Waals surface area contributed by atoms with Crippen molar-refractivity contribution in [3.05, 3.63) is 29.8 Å². The minimum absolute atomic E-state index is 0.142. The SMILES string of the molecule is NOB(O)c1ccccc1CO. The molecule has 0 aliphatic carbocycles. The molecule has 0 radical (unpaired) electrons. The standard InChI is InChI=1S/C7H10BNO3/c9-12-8(11)7-4-2-1-3-6(7)5-10/h1-4,10-11H,5,9H2. The number of aliphatic hydroxyl groups is 1. The van der Waals surface area contributed by atoms with E-state index in [1.54, 1.807) is 24.3 Å². The Bertz CT molecular complexity index is 256. The van der Waals surface area contributed by atoms with Crippen LogP contribution in [0.4, 0.5) is 0 Å². The summed E-state index contributed by atoms with van der Waals surface area (Å²) in [6.45, 7) is -0.142. The van der Waals surface area contributed by atoms with Crippen molar-refractivity contribution >= 4 is 12.6 Å². The topological polar surface area (TPSA) is 75.7 Å². The number of nitrogens with two attached hydrogens (primary N) is 1. The number of hydrogen-bond acceptors (Lipinski definition) is 4. The van der Waals surface area contributed by atoms with Gasteiger partial charge in [-0.05, 0) is 11.0 Å². The zero-order valence-corrected chi connectivity index (χ0v) is 6.47. The van der Waals surface area contributed by atoms with Crippen LogP contribution < -0.4 is 11.4 Å². The summed E-state index contributed by atoms with van der Waals surface area (Å²) in [5, 5.41) is 18.0. The predicted octanol–water partition coefficient (Wildman–Crippen LogP) is -1.24. The molecule has 12 heavy (non-hydrogen) atoms. The maximum Gasteiger partial charge on any atom is 0.508 e. The zero-order valence-electron chi connectivity index (χ0n) is 6.47. The van der Waals surface area contributed by atoms with Crippen molar-refractivity contribution in [3.63, 3.8) is 0 Å². The van der Waals surface area contributed by atoms with Crippen LogP contribution in [0.5, 0.6) is 0 Å². The van der Waals surface area contributed by atoms with Gasteiger partial charge in [0.1, 0.15) is 0 Å². The molecule has 0 aliphatic heterocycles. The monoisotopic (exact) mass is 167 g/mol. The van der Waals surface area contributed by atoms with Gasteiger partial charge in [-0.1, -0.05) is 24.3 Å². The van der Waals surface area contributed by atoms with E-state index in [1.807, 2.05) is 0 Å². The molecule has 0 amide bonds. The van der Waals surface area contributed by atoms with Crippen LogP contribution in [0.2, 0.25) is 0 Å². The van der Waals surface area contributed by atoms with Crippen LogP contribution in [0.25, 0.3) is 0 Å². The summed E-state index contributed by atoms with van der Waals surface area (Å²) in [5.41, 5.74) is 1.10. The van der Waals surface area contributed by atoms with Crippen LogP contribution in [0.1, 0.15) is 5.56 Å². The average Bonchev–Trinajstić information content (AvgIpc) is 2.16. The van der Waals surface area contributed by atoms with Gasteiger partial charge in [-0.15, -0.1) is 0 Å². The molecule has 0 aromatic heterocycles. The minimum Gasteiger partial charge on any atom is -0.422 e. The first kappa shape index (κ1) is 9.21. The van der Waals surface area contributed by atoms with Gasteiger partial charge in [0.05, 0.1) is 6.61 Å². The van der Waals surface area contributed by atoms with Gasteiger partial charge < -0.3 is 14.9 Å². The molecule has 0 saturated heterocycles. The fourth-order valence-electron chi connectivity index (χ4n) is 0.992. The molecule has 4 nitrogen and oxygen atoms in total. The lowest BCUT2D eigenvalue weighted by Crippen LogP contribution is -2.38. The van der Waals surface area contributed by atoms with E-state index in [9.17, 15) is 5.02 Å². The molecule has 0 fully saturated rings. The van der Waals surface area contributed by atoms with E-state index >= 15 is 0 Å². The predicted molar refractivity (Wildman–Crippen MR) is 45.2 cm³/mol. The van der Waals surface area contributed by atoms with Crippen molar-refractivity contribution in [1.29, 1.82) is 0 Å². The Labute approximate surface area is 70.7 Å². The minimum atomic E-state index is -1.17. The summed E-state index contributed by atoms with van der Waals surface area (Å²) >= 11 is 0. The maximum absolute atomic E-state index is 9.18. The summed E-state index contributed by atoms with van der Waals surface area (Å²) in [5.74, 6) is 4.80. The van der Waals surface area contributed by atoms with Gasteiger partial charge in [-0.3, -0.25) is 0 Å². The van der Waals surface area contributed by atoms with E-state index in [0.717, 1.165) is 0 Å². The second kappa shape index (κ2) is 4.23. The van der Waals surface area contributed by atoms with Crippen molar-refractivity contribution in [2.24, 2.45) is 5.90 Å². The fraction of sp³-hybridized carbons (Fsp3) is 0.143. The van der Waals surface area contributed by atoms with Gasteiger partial charge in [0.2, 0.25) is 0 Å². The molecular formula is C7H10BNO3. The quantitative estimate of drug-likeness (QED) is 0.388. The maximum atomic E-state index is 9.18. The molecule has 0 saturated carbocycles. The van der Waals surface area contributed by atoms with Crippen LogP contribution in [0.15, 0.2) is 24.3 Å². The Kier molecular flexibility index (Phi) is 3.24. The number of benzene rings is 1. The number of aliphatic hydroxyl groups excluding tert-OH is 1. The van der Waals surface area contributed by atoms with Crippen molar-refractivity contribution in [3.8, 4) is 0 Å². The van der Waals surface area contributed by atoms with Gasteiger partial charge in [0, 0.05) is 0 Å². The summed E-state index contributed by atoms with van der Waals surface area (Å²) in [6.07, 6.45) is 0. The summed E-state index contributed by atoms with van der Waals surface area (Å²) in [7, 11) is -1.17. The highest BCUT2D eigenvalue weighted by Crippen LogP contribution is 1.96. The molecule has 0 spiro atoms. The fourth-order valence-corrected chi connectivity index (χ4v) is 0.992. The smallest absolute Gasteiger partial charge is 0.422 e. The van der Waals surface area contributed by atoms with E-state index in [1.165, 1.54) is 0 Å². The summed E-state index contributed by atoms with van der Waals surface area (Å²) in [4.78, 5) is 0.